The van der Waals surface area contributed by atoms with Gasteiger partial charge in [-0.25, -0.2) is 4.79 Å². The van der Waals surface area contributed by atoms with E-state index in [0.717, 1.165) is 42.7 Å². The number of hydrogen-bond acceptors (Lipinski definition) is 3. The summed E-state index contributed by atoms with van der Waals surface area (Å²) in [6.07, 6.45) is 2.73. The Hall–Kier alpha value is -2.69. The summed E-state index contributed by atoms with van der Waals surface area (Å²) in [4.78, 5) is 13.0. The van der Waals surface area contributed by atoms with Crippen LogP contribution in [0, 0.1) is 0 Å². The summed E-state index contributed by atoms with van der Waals surface area (Å²) in [6, 6.07) is 17.9. The van der Waals surface area contributed by atoms with Gasteiger partial charge in [0.1, 0.15) is 24.2 Å². The number of benzene rings is 2. The fourth-order valence-electron chi connectivity index (χ4n) is 4.08. The minimum absolute atomic E-state index is 0.0826. The van der Waals surface area contributed by atoms with E-state index in [1.54, 1.807) is 4.90 Å². The average molecular weight is 353 g/mol. The third-order valence-electron chi connectivity index (χ3n) is 5.29. The highest BCUT2D eigenvalue weighted by atomic mass is 16.5. The zero-order chi connectivity index (χ0) is 17.9. The summed E-state index contributed by atoms with van der Waals surface area (Å²) >= 11 is 0. The second-order valence-corrected chi connectivity index (χ2v) is 7.03. The Morgan fingerprint density at radius 1 is 0.962 bits per heavy atom. The molecule has 1 N–H and O–H groups in total. The summed E-state index contributed by atoms with van der Waals surface area (Å²) in [6.45, 7) is 0.540. The van der Waals surface area contributed by atoms with Crippen molar-refractivity contribution in [2.45, 2.75) is 50.5 Å². The van der Waals surface area contributed by atoms with E-state index in [1.807, 2.05) is 54.6 Å². The number of carbonyl (C=O) groups is 1. The first-order chi connectivity index (χ1) is 12.7. The number of rotatable bonds is 5. The summed E-state index contributed by atoms with van der Waals surface area (Å²) in [7, 11) is 0. The Balaban J connectivity index is 1.31. The van der Waals surface area contributed by atoms with Crippen LogP contribution in [0.4, 0.5) is 4.79 Å². The molecule has 5 heteroatoms. The molecule has 2 unspecified atom stereocenters. The Morgan fingerprint density at radius 2 is 1.58 bits per heavy atom. The average Bonchev–Trinajstić information content (AvgIpc) is 2.94. The highest BCUT2D eigenvalue weighted by Crippen LogP contribution is 2.37. The van der Waals surface area contributed by atoms with Gasteiger partial charge in [0.2, 0.25) is 0 Å². The molecule has 2 aromatic rings. The van der Waals surface area contributed by atoms with Gasteiger partial charge in [-0.1, -0.05) is 30.3 Å². The maximum Gasteiger partial charge on any atom is 0.407 e. The lowest BCUT2D eigenvalue weighted by Gasteiger charge is -2.37. The topological polar surface area (TPSA) is 59.0 Å². The zero-order valence-corrected chi connectivity index (χ0v) is 14.6. The first kappa shape index (κ1) is 16.8. The van der Waals surface area contributed by atoms with Gasteiger partial charge in [0.25, 0.3) is 0 Å². The molecule has 0 aliphatic carbocycles. The van der Waals surface area contributed by atoms with Crippen LogP contribution >= 0.6 is 0 Å². The van der Waals surface area contributed by atoms with Crippen molar-refractivity contribution in [2.75, 3.05) is 0 Å². The van der Waals surface area contributed by atoms with Crippen LogP contribution in [0.3, 0.4) is 0 Å². The van der Waals surface area contributed by atoms with Crippen molar-refractivity contribution in [3.05, 3.63) is 60.2 Å². The Kier molecular flexibility index (Phi) is 4.69. The molecule has 2 fully saturated rings. The molecule has 2 aliphatic rings. The van der Waals surface area contributed by atoms with Gasteiger partial charge in [0.05, 0.1) is 0 Å². The summed E-state index contributed by atoms with van der Waals surface area (Å²) in [5.74, 6) is 1.62. The zero-order valence-electron chi connectivity index (χ0n) is 14.6. The lowest BCUT2D eigenvalue weighted by molar-refractivity contribution is 0.0495. The third kappa shape index (κ3) is 3.62. The summed E-state index contributed by atoms with van der Waals surface area (Å²) in [5.41, 5.74) is 1.13. The van der Waals surface area contributed by atoms with Gasteiger partial charge in [-0.2, -0.15) is 0 Å². The predicted octanol–water partition coefficient (Wildman–Crippen LogP) is 4.32. The van der Waals surface area contributed by atoms with Crippen LogP contribution in [-0.4, -0.2) is 34.3 Å². The monoisotopic (exact) mass is 353 g/mol. The first-order valence-electron chi connectivity index (χ1n) is 9.14. The molecule has 26 heavy (non-hydrogen) atoms. The summed E-state index contributed by atoms with van der Waals surface area (Å²) < 4.78 is 11.9. The highest BCUT2D eigenvalue weighted by Gasteiger charge is 2.44. The molecule has 2 aliphatic heterocycles. The van der Waals surface area contributed by atoms with Crippen molar-refractivity contribution in [3.8, 4) is 11.5 Å². The van der Waals surface area contributed by atoms with Crippen LogP contribution in [-0.2, 0) is 6.61 Å². The lowest BCUT2D eigenvalue weighted by Crippen LogP contribution is -2.48. The Bertz CT molecular complexity index is 732. The molecule has 1 amide bonds. The SMILES string of the molecule is O=C(O)N1C2CCC1CC(Oc1ccc(OCc3ccccc3)cc1)C2. The van der Waals surface area contributed by atoms with Crippen molar-refractivity contribution in [2.24, 2.45) is 0 Å². The molecule has 136 valence electrons. The van der Waals surface area contributed by atoms with E-state index in [9.17, 15) is 9.90 Å². The van der Waals surface area contributed by atoms with E-state index in [-0.39, 0.29) is 18.2 Å². The quantitative estimate of drug-likeness (QED) is 0.870. The summed E-state index contributed by atoms with van der Waals surface area (Å²) in [5, 5.41) is 9.33. The predicted molar refractivity (Wildman–Crippen MR) is 97.5 cm³/mol. The fourth-order valence-corrected chi connectivity index (χ4v) is 4.08. The Morgan fingerprint density at radius 3 is 2.19 bits per heavy atom. The van der Waals surface area contributed by atoms with E-state index in [1.165, 1.54) is 0 Å². The molecule has 5 nitrogen and oxygen atoms in total. The van der Waals surface area contributed by atoms with E-state index < -0.39 is 6.09 Å². The molecule has 0 saturated carbocycles. The van der Waals surface area contributed by atoms with Crippen molar-refractivity contribution in [3.63, 3.8) is 0 Å². The highest BCUT2D eigenvalue weighted by molar-refractivity contribution is 5.66. The van der Waals surface area contributed by atoms with E-state index in [2.05, 4.69) is 0 Å². The molecule has 2 saturated heterocycles. The van der Waals surface area contributed by atoms with Gasteiger partial charge >= 0.3 is 6.09 Å². The molecule has 2 heterocycles. The third-order valence-corrected chi connectivity index (χ3v) is 5.29. The molecule has 4 rings (SSSR count). The molecule has 2 bridgehead atoms. The number of nitrogens with zero attached hydrogens (tertiary/aromatic N) is 1. The van der Waals surface area contributed by atoms with Crippen molar-refractivity contribution >= 4 is 6.09 Å². The van der Waals surface area contributed by atoms with E-state index in [4.69, 9.17) is 9.47 Å². The molecular weight excluding hydrogens is 330 g/mol. The maximum atomic E-state index is 11.4. The van der Waals surface area contributed by atoms with Gasteiger partial charge < -0.3 is 19.5 Å². The first-order valence-corrected chi connectivity index (χ1v) is 9.14. The minimum Gasteiger partial charge on any atom is -0.490 e. The number of carboxylic acid groups (broad SMARTS) is 1. The van der Waals surface area contributed by atoms with Gasteiger partial charge in [0, 0.05) is 24.9 Å². The number of amides is 1. The van der Waals surface area contributed by atoms with Crippen LogP contribution in [0.5, 0.6) is 11.5 Å². The van der Waals surface area contributed by atoms with Crippen LogP contribution in [0.2, 0.25) is 0 Å². The van der Waals surface area contributed by atoms with Gasteiger partial charge in [0.15, 0.2) is 0 Å². The molecule has 0 aromatic heterocycles. The van der Waals surface area contributed by atoms with Crippen molar-refractivity contribution < 1.29 is 19.4 Å². The Labute approximate surface area is 153 Å². The van der Waals surface area contributed by atoms with Gasteiger partial charge in [-0.15, -0.1) is 0 Å². The second kappa shape index (κ2) is 7.28. The fraction of sp³-hybridized carbons (Fsp3) is 0.381. The van der Waals surface area contributed by atoms with Crippen molar-refractivity contribution in [1.29, 1.82) is 0 Å². The second-order valence-electron chi connectivity index (χ2n) is 7.03. The molecular formula is C21H23NO4. The number of ether oxygens (including phenoxy) is 2. The maximum absolute atomic E-state index is 11.4. The van der Waals surface area contributed by atoms with Crippen molar-refractivity contribution in [1.82, 2.24) is 4.90 Å². The van der Waals surface area contributed by atoms with Gasteiger partial charge in [-0.3, -0.25) is 0 Å². The number of hydrogen-bond donors (Lipinski definition) is 1. The molecule has 2 aromatic carbocycles. The lowest BCUT2D eigenvalue weighted by atomic mass is 10.0. The van der Waals surface area contributed by atoms with E-state index >= 15 is 0 Å². The van der Waals surface area contributed by atoms with Gasteiger partial charge in [-0.05, 0) is 42.7 Å². The van der Waals surface area contributed by atoms with Crippen LogP contribution in [0.15, 0.2) is 54.6 Å². The molecule has 2 atom stereocenters. The smallest absolute Gasteiger partial charge is 0.407 e. The number of fused-ring (bicyclic) bond motifs is 2. The number of piperidine rings is 1. The standard InChI is InChI=1S/C21H23NO4/c23-21(24)22-16-6-7-17(22)13-20(12-16)26-19-10-8-18(9-11-19)25-14-15-4-2-1-3-5-15/h1-5,8-11,16-17,20H,6-7,12-14H2,(H,23,24). The molecule has 0 spiro atoms. The molecule has 0 radical (unpaired) electrons. The largest absolute Gasteiger partial charge is 0.490 e. The van der Waals surface area contributed by atoms with Crippen LogP contribution in [0.25, 0.3) is 0 Å². The van der Waals surface area contributed by atoms with E-state index in [0.29, 0.717) is 6.61 Å². The van der Waals surface area contributed by atoms with Crippen LogP contribution < -0.4 is 9.47 Å². The van der Waals surface area contributed by atoms with Crippen LogP contribution in [0.1, 0.15) is 31.2 Å². The minimum atomic E-state index is -0.795. The normalized spacial score (nSPS) is 24.3.